The Kier molecular flexibility index (Phi) is 4.54. The van der Waals surface area contributed by atoms with Crippen molar-refractivity contribution in [3.8, 4) is 0 Å². The lowest BCUT2D eigenvalue weighted by atomic mass is 10.1. The van der Waals surface area contributed by atoms with Gasteiger partial charge in [-0.3, -0.25) is 9.59 Å². The average molecular weight is 381 g/mol. The van der Waals surface area contributed by atoms with Gasteiger partial charge in [-0.2, -0.15) is 0 Å². The molecular weight excluding hydrogens is 362 g/mol. The van der Waals surface area contributed by atoms with E-state index in [1.54, 1.807) is 17.0 Å². The lowest BCUT2D eigenvalue weighted by Gasteiger charge is -2.20. The second-order valence-electron chi connectivity index (χ2n) is 6.45. The van der Waals surface area contributed by atoms with Crippen LogP contribution in [0.15, 0.2) is 23.1 Å². The minimum absolute atomic E-state index is 0.0164. The zero-order valence-corrected chi connectivity index (χ0v) is 15.8. The molecule has 1 fully saturated rings. The first-order valence-electron chi connectivity index (χ1n) is 7.86. The summed E-state index contributed by atoms with van der Waals surface area (Å²) >= 11 is 1.22. The molecule has 1 N–H and O–H groups in total. The third-order valence-electron chi connectivity index (χ3n) is 4.17. The minimum Gasteiger partial charge on any atom is -0.339 e. The van der Waals surface area contributed by atoms with Gasteiger partial charge in [0.05, 0.1) is 21.0 Å². The number of rotatable bonds is 4. The van der Waals surface area contributed by atoms with E-state index in [9.17, 15) is 18.0 Å². The lowest BCUT2D eigenvalue weighted by molar-refractivity contribution is -0.129. The SMILES string of the molecule is CC(C)N1C[C@H](C(=O)Nc2nc3ccc(S(C)(=O)=O)cc3s2)CC1=O. The highest BCUT2D eigenvalue weighted by Gasteiger charge is 2.35. The molecule has 0 bridgehead atoms. The molecule has 1 aliphatic rings. The van der Waals surface area contributed by atoms with Crippen LogP contribution in [0.5, 0.6) is 0 Å². The van der Waals surface area contributed by atoms with E-state index >= 15 is 0 Å². The van der Waals surface area contributed by atoms with Gasteiger partial charge in [-0.25, -0.2) is 13.4 Å². The molecule has 0 aliphatic carbocycles. The molecule has 134 valence electrons. The second-order valence-corrected chi connectivity index (χ2v) is 9.50. The van der Waals surface area contributed by atoms with E-state index in [0.29, 0.717) is 21.9 Å². The fourth-order valence-electron chi connectivity index (χ4n) is 2.80. The summed E-state index contributed by atoms with van der Waals surface area (Å²) in [7, 11) is -3.29. The summed E-state index contributed by atoms with van der Waals surface area (Å²) in [4.78, 5) is 30.6. The highest BCUT2D eigenvalue weighted by molar-refractivity contribution is 7.90. The largest absolute Gasteiger partial charge is 0.339 e. The molecule has 25 heavy (non-hydrogen) atoms. The monoisotopic (exact) mass is 381 g/mol. The van der Waals surface area contributed by atoms with Gasteiger partial charge >= 0.3 is 0 Å². The maximum absolute atomic E-state index is 12.4. The molecule has 0 unspecified atom stereocenters. The topological polar surface area (TPSA) is 96.4 Å². The molecule has 0 radical (unpaired) electrons. The average Bonchev–Trinajstić information content (AvgIpc) is 3.08. The van der Waals surface area contributed by atoms with Crippen LogP contribution in [0.4, 0.5) is 5.13 Å². The Hall–Kier alpha value is -2.00. The minimum atomic E-state index is -3.29. The van der Waals surface area contributed by atoms with Gasteiger partial charge in [0, 0.05) is 25.3 Å². The van der Waals surface area contributed by atoms with Crippen molar-refractivity contribution in [2.24, 2.45) is 5.92 Å². The molecule has 1 atom stereocenters. The number of likely N-dealkylation sites (tertiary alicyclic amines) is 1. The fourth-order valence-corrected chi connectivity index (χ4v) is 4.43. The van der Waals surface area contributed by atoms with Gasteiger partial charge in [-0.05, 0) is 32.0 Å². The second kappa shape index (κ2) is 6.38. The number of amides is 2. The number of thiazole rings is 1. The first-order chi connectivity index (χ1) is 11.6. The van der Waals surface area contributed by atoms with Crippen LogP contribution in [-0.2, 0) is 19.4 Å². The first-order valence-corrected chi connectivity index (χ1v) is 10.6. The van der Waals surface area contributed by atoms with Gasteiger partial charge in [-0.1, -0.05) is 11.3 Å². The highest BCUT2D eigenvalue weighted by atomic mass is 32.2. The number of nitrogens with zero attached hydrogens (tertiary/aromatic N) is 2. The van der Waals surface area contributed by atoms with E-state index in [0.717, 1.165) is 6.26 Å². The highest BCUT2D eigenvalue weighted by Crippen LogP contribution is 2.29. The quantitative estimate of drug-likeness (QED) is 0.872. The van der Waals surface area contributed by atoms with Crippen LogP contribution in [0, 0.1) is 5.92 Å². The molecule has 2 amide bonds. The summed E-state index contributed by atoms with van der Waals surface area (Å²) in [6.45, 7) is 4.25. The Morgan fingerprint density at radius 1 is 1.40 bits per heavy atom. The van der Waals surface area contributed by atoms with Gasteiger partial charge < -0.3 is 10.2 Å². The molecule has 0 saturated carbocycles. The van der Waals surface area contributed by atoms with Crippen molar-refractivity contribution in [2.75, 3.05) is 18.1 Å². The fraction of sp³-hybridized carbons (Fsp3) is 0.438. The number of nitrogens with one attached hydrogen (secondary N) is 1. The summed E-state index contributed by atoms with van der Waals surface area (Å²) in [6.07, 6.45) is 1.35. The molecule has 1 saturated heterocycles. The Balaban J connectivity index is 1.77. The van der Waals surface area contributed by atoms with E-state index < -0.39 is 15.8 Å². The smallest absolute Gasteiger partial charge is 0.231 e. The van der Waals surface area contributed by atoms with E-state index in [-0.39, 0.29) is 29.2 Å². The van der Waals surface area contributed by atoms with Crippen LogP contribution in [0.3, 0.4) is 0 Å². The number of hydrogen-bond donors (Lipinski definition) is 1. The predicted molar refractivity (Wildman–Crippen MR) is 96.3 cm³/mol. The normalized spacial score (nSPS) is 18.3. The molecule has 1 aromatic heterocycles. The van der Waals surface area contributed by atoms with Gasteiger partial charge in [0.15, 0.2) is 15.0 Å². The van der Waals surface area contributed by atoms with Crippen molar-refractivity contribution < 1.29 is 18.0 Å². The molecule has 7 nitrogen and oxygen atoms in total. The number of fused-ring (bicyclic) bond motifs is 1. The summed E-state index contributed by atoms with van der Waals surface area (Å²) in [5.74, 6) is -0.648. The van der Waals surface area contributed by atoms with Crippen LogP contribution in [0.2, 0.25) is 0 Å². The number of carbonyl (C=O) groups excluding carboxylic acids is 2. The van der Waals surface area contributed by atoms with Gasteiger partial charge in [0.2, 0.25) is 11.8 Å². The molecule has 2 heterocycles. The summed E-state index contributed by atoms with van der Waals surface area (Å²) in [6, 6.07) is 4.75. The van der Waals surface area contributed by atoms with Crippen molar-refractivity contribution in [1.29, 1.82) is 0 Å². The van der Waals surface area contributed by atoms with Crippen LogP contribution in [-0.4, -0.2) is 49.0 Å². The molecular formula is C16H19N3O4S2. The van der Waals surface area contributed by atoms with E-state index in [1.807, 2.05) is 13.8 Å². The Labute approximate surface area is 150 Å². The van der Waals surface area contributed by atoms with Crippen molar-refractivity contribution in [3.05, 3.63) is 18.2 Å². The Morgan fingerprint density at radius 2 is 2.12 bits per heavy atom. The van der Waals surface area contributed by atoms with Crippen molar-refractivity contribution in [1.82, 2.24) is 9.88 Å². The molecule has 9 heteroatoms. The maximum atomic E-state index is 12.4. The molecule has 1 aliphatic heterocycles. The number of aromatic nitrogens is 1. The lowest BCUT2D eigenvalue weighted by Crippen LogP contribution is -2.33. The number of hydrogen-bond acceptors (Lipinski definition) is 6. The third-order valence-corrected chi connectivity index (χ3v) is 6.21. The van der Waals surface area contributed by atoms with Crippen molar-refractivity contribution in [3.63, 3.8) is 0 Å². The number of carbonyl (C=O) groups is 2. The zero-order chi connectivity index (χ0) is 18.4. The van der Waals surface area contributed by atoms with Gasteiger partial charge in [0.1, 0.15) is 0 Å². The van der Waals surface area contributed by atoms with Gasteiger partial charge in [-0.15, -0.1) is 0 Å². The molecule has 1 aromatic carbocycles. The number of benzene rings is 1. The van der Waals surface area contributed by atoms with Crippen LogP contribution in [0.1, 0.15) is 20.3 Å². The van der Waals surface area contributed by atoms with Gasteiger partial charge in [0.25, 0.3) is 0 Å². The standard InChI is InChI=1S/C16H19N3O4S2/c1-9(2)19-8-10(6-14(19)20)15(21)18-16-17-12-5-4-11(25(3,22)23)7-13(12)24-16/h4-5,7,9-10H,6,8H2,1-3H3,(H,17,18,21)/t10-/m1/s1. The number of sulfone groups is 1. The van der Waals surface area contributed by atoms with E-state index in [4.69, 9.17) is 0 Å². The van der Waals surface area contributed by atoms with Crippen LogP contribution in [0.25, 0.3) is 10.2 Å². The van der Waals surface area contributed by atoms with Crippen LogP contribution < -0.4 is 5.32 Å². The van der Waals surface area contributed by atoms with Crippen molar-refractivity contribution >= 4 is 48.3 Å². The Morgan fingerprint density at radius 3 is 2.72 bits per heavy atom. The zero-order valence-electron chi connectivity index (χ0n) is 14.1. The number of anilines is 1. The summed E-state index contributed by atoms with van der Waals surface area (Å²) in [5.41, 5.74) is 0.624. The third kappa shape index (κ3) is 3.67. The summed E-state index contributed by atoms with van der Waals surface area (Å²) < 4.78 is 23.9. The first kappa shape index (κ1) is 17.8. The summed E-state index contributed by atoms with van der Waals surface area (Å²) in [5, 5.41) is 3.16. The molecule has 2 aromatic rings. The van der Waals surface area contributed by atoms with E-state index in [2.05, 4.69) is 10.3 Å². The Bertz CT molecular complexity index is 949. The molecule has 3 rings (SSSR count). The van der Waals surface area contributed by atoms with E-state index in [1.165, 1.54) is 17.4 Å². The van der Waals surface area contributed by atoms with Crippen molar-refractivity contribution in [2.45, 2.75) is 31.2 Å². The van der Waals surface area contributed by atoms with Crippen LogP contribution >= 0.6 is 11.3 Å². The maximum Gasteiger partial charge on any atom is 0.231 e. The predicted octanol–water partition coefficient (Wildman–Crippen LogP) is 1.90. The molecule has 0 spiro atoms.